The standard InChI is InChI=1S/C30H48O6/c1-25(2)9-11-30(24(35)36)12-10-28(5)17(18(30)13-25)7-8-21-26(3)14-20(33)23(34)27(4,16-31)22(26)19(32)15-29(21,28)6/h7,18-23,31-34H,8-16H2,1-6H3,(H,35,36)/t18-,19-,20-,21+,22-,23-,26+,27-,28+,29+,30-/m0/s1. The number of hydrogen-bond acceptors (Lipinski definition) is 5. The summed E-state index contributed by atoms with van der Waals surface area (Å²) in [6.45, 7) is 12.8. The second kappa shape index (κ2) is 7.80. The molecule has 5 aliphatic carbocycles. The van der Waals surface area contributed by atoms with E-state index in [1.807, 2.05) is 6.92 Å². The molecule has 0 spiro atoms. The summed E-state index contributed by atoms with van der Waals surface area (Å²) in [7, 11) is 0. The van der Waals surface area contributed by atoms with E-state index in [0.717, 1.165) is 32.1 Å². The Balaban J connectivity index is 1.64. The Bertz CT molecular complexity index is 974. The molecule has 0 saturated heterocycles. The van der Waals surface area contributed by atoms with Crippen LogP contribution in [0, 0.1) is 50.2 Å². The van der Waals surface area contributed by atoms with E-state index in [9.17, 15) is 30.3 Å². The predicted octanol–water partition coefficient (Wildman–Crippen LogP) is 4.15. The Morgan fingerprint density at radius 2 is 1.56 bits per heavy atom. The number of hydrogen-bond donors (Lipinski definition) is 5. The van der Waals surface area contributed by atoms with Crippen molar-refractivity contribution in [3.63, 3.8) is 0 Å². The lowest BCUT2D eigenvalue weighted by Gasteiger charge is -2.72. The van der Waals surface area contributed by atoms with E-state index >= 15 is 0 Å². The van der Waals surface area contributed by atoms with Gasteiger partial charge in [-0.3, -0.25) is 4.79 Å². The summed E-state index contributed by atoms with van der Waals surface area (Å²) in [5.41, 5.74) is -1.32. The minimum Gasteiger partial charge on any atom is -0.481 e. The Morgan fingerprint density at radius 3 is 2.17 bits per heavy atom. The maximum Gasteiger partial charge on any atom is 0.310 e. The van der Waals surface area contributed by atoms with Crippen molar-refractivity contribution in [2.24, 2.45) is 50.2 Å². The average Bonchev–Trinajstić information content (AvgIpc) is 2.77. The van der Waals surface area contributed by atoms with Gasteiger partial charge < -0.3 is 25.5 Å². The molecule has 0 radical (unpaired) electrons. The van der Waals surface area contributed by atoms with Crippen LogP contribution in [0.25, 0.3) is 0 Å². The van der Waals surface area contributed by atoms with E-state index in [0.29, 0.717) is 19.3 Å². The van der Waals surface area contributed by atoms with Gasteiger partial charge in [0.25, 0.3) is 0 Å². The maximum absolute atomic E-state index is 12.8. The molecule has 0 unspecified atom stereocenters. The van der Waals surface area contributed by atoms with Crippen molar-refractivity contribution in [2.75, 3.05) is 6.61 Å². The van der Waals surface area contributed by atoms with Crippen molar-refractivity contribution in [2.45, 2.75) is 111 Å². The molecule has 0 aromatic rings. The third kappa shape index (κ3) is 3.08. The molecule has 4 fully saturated rings. The lowest BCUT2D eigenvalue weighted by Crippen LogP contribution is -2.71. The fourth-order valence-electron chi connectivity index (χ4n) is 10.9. The van der Waals surface area contributed by atoms with Gasteiger partial charge in [0.15, 0.2) is 0 Å². The highest BCUT2D eigenvalue weighted by atomic mass is 16.4. The van der Waals surface area contributed by atoms with Crippen molar-refractivity contribution in [3.8, 4) is 0 Å². The molecule has 5 aliphatic rings. The number of aliphatic hydroxyl groups is 4. The van der Waals surface area contributed by atoms with E-state index in [2.05, 4.69) is 40.7 Å². The van der Waals surface area contributed by atoms with Crippen molar-refractivity contribution in [1.29, 1.82) is 0 Å². The van der Waals surface area contributed by atoms with Crippen molar-refractivity contribution >= 4 is 5.97 Å². The first-order valence-electron chi connectivity index (χ1n) is 14.1. The smallest absolute Gasteiger partial charge is 0.310 e. The second-order valence-electron chi connectivity index (χ2n) is 15.2. The lowest BCUT2D eigenvalue weighted by molar-refractivity contribution is -0.273. The van der Waals surface area contributed by atoms with Crippen LogP contribution in [0.1, 0.15) is 92.9 Å². The Morgan fingerprint density at radius 1 is 0.917 bits per heavy atom. The molecule has 0 aromatic heterocycles. The second-order valence-corrected chi connectivity index (χ2v) is 15.2. The first-order valence-corrected chi connectivity index (χ1v) is 14.1. The van der Waals surface area contributed by atoms with Crippen LogP contribution in [0.15, 0.2) is 11.6 Å². The Labute approximate surface area is 216 Å². The predicted molar refractivity (Wildman–Crippen MR) is 137 cm³/mol. The first kappa shape index (κ1) is 26.6. The van der Waals surface area contributed by atoms with Gasteiger partial charge in [0.05, 0.1) is 30.3 Å². The number of aliphatic carboxylic acids is 1. The molecule has 36 heavy (non-hydrogen) atoms. The molecular weight excluding hydrogens is 456 g/mol. The van der Waals surface area contributed by atoms with Gasteiger partial charge in [-0.1, -0.05) is 53.2 Å². The quantitative estimate of drug-likeness (QED) is 0.361. The van der Waals surface area contributed by atoms with Crippen molar-refractivity contribution < 1.29 is 30.3 Å². The minimum atomic E-state index is -1.08. The highest BCUT2D eigenvalue weighted by Gasteiger charge is 2.72. The molecular formula is C30H48O6. The monoisotopic (exact) mass is 504 g/mol. The molecule has 5 rings (SSSR count). The summed E-state index contributed by atoms with van der Waals surface area (Å²) in [6, 6.07) is 0. The summed E-state index contributed by atoms with van der Waals surface area (Å²) in [6.07, 6.45) is 5.27. The fraction of sp³-hybridized carbons (Fsp3) is 0.900. The van der Waals surface area contributed by atoms with Crippen LogP contribution in [0.2, 0.25) is 0 Å². The molecule has 0 bridgehead atoms. The molecule has 204 valence electrons. The van der Waals surface area contributed by atoms with Crippen molar-refractivity contribution in [1.82, 2.24) is 0 Å². The number of rotatable bonds is 2. The largest absolute Gasteiger partial charge is 0.481 e. The van der Waals surface area contributed by atoms with Gasteiger partial charge in [-0.2, -0.15) is 0 Å². The van der Waals surface area contributed by atoms with Crippen LogP contribution in [-0.2, 0) is 4.79 Å². The number of carboxylic acids is 1. The van der Waals surface area contributed by atoms with E-state index < -0.39 is 40.5 Å². The summed E-state index contributed by atoms with van der Waals surface area (Å²) in [4.78, 5) is 12.8. The third-order valence-electron chi connectivity index (χ3n) is 13.0. The molecule has 0 amide bonds. The molecule has 4 saturated carbocycles. The molecule has 0 aliphatic heterocycles. The molecule has 0 heterocycles. The third-order valence-corrected chi connectivity index (χ3v) is 13.0. The van der Waals surface area contributed by atoms with Gasteiger partial charge in [0.1, 0.15) is 0 Å². The van der Waals surface area contributed by atoms with E-state index in [1.54, 1.807) is 0 Å². The normalized spacial score (nSPS) is 55.9. The summed E-state index contributed by atoms with van der Waals surface area (Å²) in [5.74, 6) is -0.842. The topological polar surface area (TPSA) is 118 Å². The lowest BCUT2D eigenvalue weighted by atomic mass is 9.33. The number of carbonyl (C=O) groups is 1. The van der Waals surface area contributed by atoms with E-state index in [-0.39, 0.29) is 40.6 Å². The highest BCUT2D eigenvalue weighted by molar-refractivity contribution is 5.76. The van der Waals surface area contributed by atoms with Crippen LogP contribution in [-0.4, -0.2) is 56.4 Å². The van der Waals surface area contributed by atoms with Crippen LogP contribution >= 0.6 is 0 Å². The number of aliphatic hydroxyl groups excluding tert-OH is 4. The summed E-state index contributed by atoms with van der Waals surface area (Å²) >= 11 is 0. The van der Waals surface area contributed by atoms with Gasteiger partial charge in [0, 0.05) is 11.3 Å². The average molecular weight is 505 g/mol. The van der Waals surface area contributed by atoms with E-state index in [1.165, 1.54) is 5.57 Å². The SMILES string of the molecule is CC1(C)CC[C@]2(C(=O)O)CC[C@]3(C)C(=CC[C@@H]4[C@@]5(C)C[C@H](O)[C@H](O)[C@@](C)(CO)[C@H]5[C@@H](O)C[C@]43C)[C@@H]2C1. The minimum absolute atomic E-state index is 0.000534. The fourth-order valence-corrected chi connectivity index (χ4v) is 10.9. The number of carboxylic acid groups (broad SMARTS) is 1. The summed E-state index contributed by atoms with van der Waals surface area (Å²) < 4.78 is 0. The maximum atomic E-state index is 12.8. The van der Waals surface area contributed by atoms with Crippen molar-refractivity contribution in [3.05, 3.63) is 11.6 Å². The molecule has 11 atom stereocenters. The zero-order valence-electron chi connectivity index (χ0n) is 23.0. The number of fused-ring (bicyclic) bond motifs is 7. The highest BCUT2D eigenvalue weighted by Crippen LogP contribution is 2.75. The van der Waals surface area contributed by atoms with Gasteiger partial charge in [-0.25, -0.2) is 0 Å². The zero-order valence-corrected chi connectivity index (χ0v) is 23.0. The summed E-state index contributed by atoms with van der Waals surface area (Å²) in [5, 5.41) is 54.6. The van der Waals surface area contributed by atoms with Gasteiger partial charge in [0.2, 0.25) is 0 Å². The molecule has 0 aromatic carbocycles. The first-order chi connectivity index (χ1) is 16.5. The van der Waals surface area contributed by atoms with Gasteiger partial charge in [-0.15, -0.1) is 0 Å². The van der Waals surface area contributed by atoms with Gasteiger partial charge in [-0.05, 0) is 84.9 Å². The molecule has 6 heteroatoms. The van der Waals surface area contributed by atoms with Crippen LogP contribution in [0.5, 0.6) is 0 Å². The number of allylic oxidation sites excluding steroid dienone is 2. The molecule has 6 nitrogen and oxygen atoms in total. The van der Waals surface area contributed by atoms with E-state index in [4.69, 9.17) is 0 Å². The van der Waals surface area contributed by atoms with Crippen LogP contribution in [0.4, 0.5) is 0 Å². The zero-order chi connectivity index (χ0) is 26.7. The Hall–Kier alpha value is -0.950. The van der Waals surface area contributed by atoms with Gasteiger partial charge >= 0.3 is 5.97 Å². The van der Waals surface area contributed by atoms with Crippen LogP contribution < -0.4 is 0 Å². The molecule has 5 N–H and O–H groups in total. The van der Waals surface area contributed by atoms with Crippen LogP contribution in [0.3, 0.4) is 0 Å². The Kier molecular flexibility index (Phi) is 5.77.